The van der Waals surface area contributed by atoms with Crippen LogP contribution < -0.4 is 0 Å². The van der Waals surface area contributed by atoms with Crippen molar-refractivity contribution in [2.24, 2.45) is 0 Å². The van der Waals surface area contributed by atoms with Gasteiger partial charge < -0.3 is 0 Å². The van der Waals surface area contributed by atoms with Crippen molar-refractivity contribution in [3.8, 4) is 0 Å². The fraction of sp³-hybridized carbons (Fsp3) is 0.333. The molecule has 26 heavy (non-hydrogen) atoms. The topological polar surface area (TPSA) is 74.8 Å². The molecule has 0 bridgehead atoms. The molecule has 0 spiro atoms. The van der Waals surface area contributed by atoms with Crippen LogP contribution in [0, 0.1) is 0 Å². The van der Waals surface area contributed by atoms with Crippen LogP contribution >= 0.6 is 0 Å². The van der Waals surface area contributed by atoms with Crippen molar-refractivity contribution in [2.45, 2.75) is 23.1 Å². The summed E-state index contributed by atoms with van der Waals surface area (Å²) in [5.41, 5.74) is 1.07. The van der Waals surface area contributed by atoms with Crippen molar-refractivity contribution in [1.82, 2.24) is 8.61 Å². The van der Waals surface area contributed by atoms with Gasteiger partial charge in [0.15, 0.2) is 0 Å². The molecule has 1 heterocycles. The molecule has 140 valence electrons. The minimum absolute atomic E-state index is 0.142. The monoisotopic (exact) mass is 394 g/mol. The Bertz CT molecular complexity index is 948. The number of nitrogens with zero attached hydrogens (tertiary/aromatic N) is 2. The van der Waals surface area contributed by atoms with Gasteiger partial charge in [-0.3, -0.25) is 0 Å². The lowest BCUT2D eigenvalue weighted by Gasteiger charge is -2.33. The second-order valence-electron chi connectivity index (χ2n) is 6.12. The highest BCUT2D eigenvalue weighted by Crippen LogP contribution is 2.22. The maximum atomic E-state index is 12.8. The van der Waals surface area contributed by atoms with Gasteiger partial charge in [-0.2, -0.15) is 8.61 Å². The van der Waals surface area contributed by atoms with E-state index in [1.807, 2.05) is 19.1 Å². The highest BCUT2D eigenvalue weighted by molar-refractivity contribution is 7.89. The van der Waals surface area contributed by atoms with E-state index in [-0.39, 0.29) is 36.0 Å². The fourth-order valence-electron chi connectivity index (χ4n) is 2.94. The van der Waals surface area contributed by atoms with E-state index in [1.165, 1.54) is 8.61 Å². The second kappa shape index (κ2) is 7.48. The van der Waals surface area contributed by atoms with Crippen LogP contribution in [0.4, 0.5) is 0 Å². The summed E-state index contributed by atoms with van der Waals surface area (Å²) in [6.45, 7) is 2.58. The van der Waals surface area contributed by atoms with Gasteiger partial charge >= 0.3 is 0 Å². The number of aryl methyl sites for hydroxylation is 1. The van der Waals surface area contributed by atoms with Crippen molar-refractivity contribution in [2.75, 3.05) is 26.2 Å². The molecule has 2 aromatic rings. The Morgan fingerprint density at radius 3 is 1.54 bits per heavy atom. The molecular weight excluding hydrogens is 372 g/mol. The summed E-state index contributed by atoms with van der Waals surface area (Å²) >= 11 is 0. The van der Waals surface area contributed by atoms with Crippen LogP contribution in [-0.2, 0) is 26.5 Å². The summed E-state index contributed by atoms with van der Waals surface area (Å²) in [5, 5.41) is 0. The third-order valence-electron chi connectivity index (χ3n) is 4.55. The maximum absolute atomic E-state index is 12.8. The van der Waals surface area contributed by atoms with Crippen molar-refractivity contribution in [3.05, 3.63) is 60.2 Å². The zero-order valence-electron chi connectivity index (χ0n) is 14.6. The Morgan fingerprint density at radius 1 is 0.692 bits per heavy atom. The molecule has 1 aliphatic rings. The molecule has 1 aliphatic heterocycles. The molecule has 0 atom stereocenters. The molecular formula is C18H22N2O4S2. The number of rotatable bonds is 5. The summed E-state index contributed by atoms with van der Waals surface area (Å²) in [5.74, 6) is 0. The van der Waals surface area contributed by atoms with Crippen LogP contribution in [0.2, 0.25) is 0 Å². The van der Waals surface area contributed by atoms with Crippen LogP contribution in [0.3, 0.4) is 0 Å². The van der Waals surface area contributed by atoms with E-state index in [0.29, 0.717) is 0 Å². The highest BCUT2D eigenvalue weighted by Gasteiger charge is 2.33. The van der Waals surface area contributed by atoms with Crippen LogP contribution in [0.25, 0.3) is 0 Å². The van der Waals surface area contributed by atoms with E-state index in [0.717, 1.165) is 12.0 Å². The minimum Gasteiger partial charge on any atom is -0.207 e. The standard InChI is InChI=1S/C18H22N2O4S2/c1-2-16-8-10-18(11-9-16)26(23,24)20-14-12-19(13-15-20)25(21,22)17-6-4-3-5-7-17/h3-11H,2,12-15H2,1H3. The van der Waals surface area contributed by atoms with Gasteiger partial charge in [0.25, 0.3) is 0 Å². The first-order chi connectivity index (χ1) is 12.4. The molecule has 1 saturated heterocycles. The first-order valence-electron chi connectivity index (χ1n) is 8.50. The number of hydrogen-bond donors (Lipinski definition) is 0. The first kappa shape index (κ1) is 19.0. The molecule has 0 saturated carbocycles. The van der Waals surface area contributed by atoms with E-state index in [4.69, 9.17) is 0 Å². The Hall–Kier alpha value is -1.74. The molecule has 1 fully saturated rings. The molecule has 0 unspecified atom stereocenters. The summed E-state index contributed by atoms with van der Waals surface area (Å²) in [7, 11) is -7.20. The molecule has 8 heteroatoms. The average Bonchev–Trinajstić information content (AvgIpc) is 2.69. The maximum Gasteiger partial charge on any atom is 0.243 e. The quantitative estimate of drug-likeness (QED) is 0.777. The van der Waals surface area contributed by atoms with Gasteiger partial charge in [0.05, 0.1) is 9.79 Å². The van der Waals surface area contributed by atoms with Gasteiger partial charge in [-0.25, -0.2) is 16.8 Å². The van der Waals surface area contributed by atoms with Crippen LogP contribution in [0.15, 0.2) is 64.4 Å². The molecule has 0 N–H and O–H groups in total. The van der Waals surface area contributed by atoms with E-state index in [1.54, 1.807) is 42.5 Å². The van der Waals surface area contributed by atoms with Crippen LogP contribution in [0.5, 0.6) is 0 Å². The minimum atomic E-state index is -3.61. The van der Waals surface area contributed by atoms with Gasteiger partial charge in [-0.05, 0) is 36.2 Å². The van der Waals surface area contributed by atoms with E-state index >= 15 is 0 Å². The number of sulfonamides is 2. The molecule has 3 rings (SSSR count). The normalized spacial score (nSPS) is 17.3. The number of hydrogen-bond acceptors (Lipinski definition) is 4. The number of benzene rings is 2. The smallest absolute Gasteiger partial charge is 0.207 e. The number of piperazine rings is 1. The lowest BCUT2D eigenvalue weighted by molar-refractivity contribution is 0.273. The van der Waals surface area contributed by atoms with Gasteiger partial charge in [0, 0.05) is 26.2 Å². The predicted octanol–water partition coefficient (Wildman–Crippen LogP) is 1.94. The Balaban J connectivity index is 1.73. The predicted molar refractivity (Wildman–Crippen MR) is 99.8 cm³/mol. The summed E-state index contributed by atoms with van der Waals surface area (Å²) < 4.78 is 53.5. The summed E-state index contributed by atoms with van der Waals surface area (Å²) in [4.78, 5) is 0.473. The van der Waals surface area contributed by atoms with Crippen LogP contribution in [-0.4, -0.2) is 51.6 Å². The van der Waals surface area contributed by atoms with Gasteiger partial charge in [0.1, 0.15) is 0 Å². The van der Waals surface area contributed by atoms with Crippen molar-refractivity contribution in [1.29, 1.82) is 0 Å². The first-order valence-corrected chi connectivity index (χ1v) is 11.4. The molecule has 6 nitrogen and oxygen atoms in total. The van der Waals surface area contributed by atoms with E-state index in [9.17, 15) is 16.8 Å². The molecule has 0 radical (unpaired) electrons. The lowest BCUT2D eigenvalue weighted by atomic mass is 10.2. The third-order valence-corrected chi connectivity index (χ3v) is 8.37. The van der Waals surface area contributed by atoms with Crippen molar-refractivity contribution < 1.29 is 16.8 Å². The fourth-order valence-corrected chi connectivity index (χ4v) is 5.80. The Labute approximate surface area is 155 Å². The van der Waals surface area contributed by atoms with E-state index in [2.05, 4.69) is 0 Å². The Morgan fingerprint density at radius 2 is 1.12 bits per heavy atom. The molecule has 0 aromatic heterocycles. The highest BCUT2D eigenvalue weighted by atomic mass is 32.2. The van der Waals surface area contributed by atoms with Crippen LogP contribution in [0.1, 0.15) is 12.5 Å². The van der Waals surface area contributed by atoms with Gasteiger partial charge in [0.2, 0.25) is 20.0 Å². The lowest BCUT2D eigenvalue weighted by Crippen LogP contribution is -2.50. The van der Waals surface area contributed by atoms with Crippen molar-refractivity contribution in [3.63, 3.8) is 0 Å². The zero-order chi connectivity index (χ0) is 18.8. The van der Waals surface area contributed by atoms with E-state index < -0.39 is 20.0 Å². The average molecular weight is 395 g/mol. The summed E-state index contributed by atoms with van der Waals surface area (Å²) in [6, 6.07) is 15.0. The molecule has 2 aromatic carbocycles. The molecule has 0 amide bonds. The SMILES string of the molecule is CCc1ccc(S(=O)(=O)N2CCN(S(=O)(=O)c3ccccc3)CC2)cc1. The second-order valence-corrected chi connectivity index (χ2v) is 9.99. The molecule has 0 aliphatic carbocycles. The largest absolute Gasteiger partial charge is 0.243 e. The third kappa shape index (κ3) is 3.68. The Kier molecular flexibility index (Phi) is 5.47. The van der Waals surface area contributed by atoms with Gasteiger partial charge in [-0.15, -0.1) is 0 Å². The summed E-state index contributed by atoms with van der Waals surface area (Å²) in [6.07, 6.45) is 0.844. The van der Waals surface area contributed by atoms with Crippen molar-refractivity contribution >= 4 is 20.0 Å². The zero-order valence-corrected chi connectivity index (χ0v) is 16.2. The van der Waals surface area contributed by atoms with Gasteiger partial charge in [-0.1, -0.05) is 37.3 Å².